The van der Waals surface area contributed by atoms with Crippen LogP contribution in [0.4, 0.5) is 4.39 Å². The highest BCUT2D eigenvalue weighted by molar-refractivity contribution is 5.18. The Morgan fingerprint density at radius 2 is 2.00 bits per heavy atom. The lowest BCUT2D eigenvalue weighted by molar-refractivity contribution is 0.130. The molecular weight excluding hydrogens is 191 g/mol. The quantitative estimate of drug-likeness (QED) is 0.791. The Morgan fingerprint density at radius 1 is 1.33 bits per heavy atom. The molecule has 1 aromatic carbocycles. The van der Waals surface area contributed by atoms with Crippen molar-refractivity contribution in [3.8, 4) is 0 Å². The predicted molar refractivity (Wildman–Crippen MR) is 60.2 cm³/mol. The van der Waals surface area contributed by atoms with E-state index in [4.69, 9.17) is 0 Å². The number of hydrogen-bond acceptors (Lipinski definition) is 1. The van der Waals surface area contributed by atoms with E-state index in [0.29, 0.717) is 12.0 Å². The molecule has 0 saturated carbocycles. The maximum atomic E-state index is 13.4. The minimum atomic E-state index is -0.197. The third-order valence-electron chi connectivity index (χ3n) is 2.81. The van der Waals surface area contributed by atoms with Crippen molar-refractivity contribution in [1.29, 1.82) is 0 Å². The summed E-state index contributed by atoms with van der Waals surface area (Å²) in [6, 6.07) is 6.79. The molecule has 84 valence electrons. The largest absolute Gasteiger partial charge is 0.396 e. The zero-order valence-electron chi connectivity index (χ0n) is 9.46. The SMILES string of the molecule is CCCC(C)(CO)Cc1ccccc1F. The average Bonchev–Trinajstić information content (AvgIpc) is 2.22. The second-order valence-corrected chi connectivity index (χ2v) is 4.49. The molecule has 1 rings (SSSR count). The smallest absolute Gasteiger partial charge is 0.126 e. The van der Waals surface area contributed by atoms with E-state index in [0.717, 1.165) is 12.8 Å². The van der Waals surface area contributed by atoms with Gasteiger partial charge in [-0.25, -0.2) is 4.39 Å². The van der Waals surface area contributed by atoms with E-state index in [2.05, 4.69) is 6.92 Å². The Kier molecular flexibility index (Phi) is 4.28. The number of hydrogen-bond donors (Lipinski definition) is 1. The number of rotatable bonds is 5. The molecule has 1 N–H and O–H groups in total. The fraction of sp³-hybridized carbons (Fsp3) is 0.538. The molecule has 0 aliphatic carbocycles. The monoisotopic (exact) mass is 210 g/mol. The molecule has 1 atom stereocenters. The summed E-state index contributed by atoms with van der Waals surface area (Å²) in [5, 5.41) is 9.35. The van der Waals surface area contributed by atoms with Crippen LogP contribution in [-0.2, 0) is 6.42 Å². The maximum Gasteiger partial charge on any atom is 0.126 e. The first-order valence-corrected chi connectivity index (χ1v) is 5.45. The third kappa shape index (κ3) is 3.31. The van der Waals surface area contributed by atoms with Crippen LogP contribution in [0, 0.1) is 11.2 Å². The van der Waals surface area contributed by atoms with Crippen molar-refractivity contribution in [3.63, 3.8) is 0 Å². The Balaban J connectivity index is 2.79. The molecule has 1 aromatic rings. The van der Waals surface area contributed by atoms with Crippen LogP contribution < -0.4 is 0 Å². The molecule has 0 saturated heterocycles. The fourth-order valence-corrected chi connectivity index (χ4v) is 1.93. The molecule has 1 unspecified atom stereocenters. The first-order valence-electron chi connectivity index (χ1n) is 5.45. The summed E-state index contributed by atoms with van der Waals surface area (Å²) in [5.41, 5.74) is 0.499. The topological polar surface area (TPSA) is 20.2 Å². The highest BCUT2D eigenvalue weighted by atomic mass is 19.1. The maximum absolute atomic E-state index is 13.4. The van der Waals surface area contributed by atoms with Gasteiger partial charge in [0.1, 0.15) is 5.82 Å². The van der Waals surface area contributed by atoms with E-state index in [-0.39, 0.29) is 17.8 Å². The van der Waals surface area contributed by atoms with Crippen LogP contribution in [-0.4, -0.2) is 11.7 Å². The van der Waals surface area contributed by atoms with Crippen LogP contribution in [0.3, 0.4) is 0 Å². The molecule has 0 spiro atoms. The summed E-state index contributed by atoms with van der Waals surface area (Å²) in [6.45, 7) is 4.19. The Bertz CT molecular complexity index is 311. The molecular formula is C13H19FO. The van der Waals surface area contributed by atoms with Crippen LogP contribution in [0.15, 0.2) is 24.3 Å². The van der Waals surface area contributed by atoms with Gasteiger partial charge in [0.2, 0.25) is 0 Å². The van der Waals surface area contributed by atoms with Gasteiger partial charge >= 0.3 is 0 Å². The number of aliphatic hydroxyl groups excluding tert-OH is 1. The Hall–Kier alpha value is -0.890. The van der Waals surface area contributed by atoms with Crippen molar-refractivity contribution in [1.82, 2.24) is 0 Å². The molecule has 15 heavy (non-hydrogen) atoms. The van der Waals surface area contributed by atoms with Crippen LogP contribution in [0.1, 0.15) is 32.3 Å². The van der Waals surface area contributed by atoms with Crippen LogP contribution in [0.2, 0.25) is 0 Å². The summed E-state index contributed by atoms with van der Waals surface area (Å²) in [6.07, 6.45) is 2.52. The molecule has 0 aliphatic rings. The van der Waals surface area contributed by atoms with Gasteiger partial charge in [0.15, 0.2) is 0 Å². The summed E-state index contributed by atoms with van der Waals surface area (Å²) < 4.78 is 13.4. The van der Waals surface area contributed by atoms with Gasteiger partial charge in [0.05, 0.1) is 0 Å². The number of halogens is 1. The van der Waals surface area contributed by atoms with Crippen molar-refractivity contribution >= 4 is 0 Å². The predicted octanol–water partition coefficient (Wildman–Crippen LogP) is 3.17. The average molecular weight is 210 g/mol. The summed E-state index contributed by atoms with van der Waals surface area (Å²) in [5.74, 6) is -0.173. The van der Waals surface area contributed by atoms with Gasteiger partial charge in [-0.15, -0.1) is 0 Å². The minimum absolute atomic E-state index is 0.106. The first kappa shape index (κ1) is 12.2. The lowest BCUT2D eigenvalue weighted by atomic mass is 9.80. The molecule has 0 fully saturated rings. The summed E-state index contributed by atoms with van der Waals surface area (Å²) >= 11 is 0. The molecule has 2 heteroatoms. The Morgan fingerprint density at radius 3 is 2.53 bits per heavy atom. The van der Waals surface area contributed by atoms with E-state index in [1.54, 1.807) is 12.1 Å². The lowest BCUT2D eigenvalue weighted by Gasteiger charge is -2.27. The number of benzene rings is 1. The third-order valence-corrected chi connectivity index (χ3v) is 2.81. The van der Waals surface area contributed by atoms with Crippen molar-refractivity contribution < 1.29 is 9.50 Å². The van der Waals surface area contributed by atoms with Gasteiger partial charge in [-0.2, -0.15) is 0 Å². The fourth-order valence-electron chi connectivity index (χ4n) is 1.93. The highest BCUT2D eigenvalue weighted by Gasteiger charge is 2.23. The minimum Gasteiger partial charge on any atom is -0.396 e. The van der Waals surface area contributed by atoms with Crippen LogP contribution in [0.5, 0.6) is 0 Å². The molecule has 0 radical (unpaired) electrons. The zero-order valence-corrected chi connectivity index (χ0v) is 9.46. The van der Waals surface area contributed by atoms with Crippen molar-refractivity contribution in [3.05, 3.63) is 35.6 Å². The van der Waals surface area contributed by atoms with Gasteiger partial charge in [-0.1, -0.05) is 38.5 Å². The van der Waals surface area contributed by atoms with E-state index in [1.165, 1.54) is 6.07 Å². The van der Waals surface area contributed by atoms with Gasteiger partial charge in [-0.05, 0) is 29.9 Å². The lowest BCUT2D eigenvalue weighted by Crippen LogP contribution is -2.24. The molecule has 0 heterocycles. The van der Waals surface area contributed by atoms with Crippen molar-refractivity contribution in [2.45, 2.75) is 33.1 Å². The summed E-state index contributed by atoms with van der Waals surface area (Å²) in [7, 11) is 0. The van der Waals surface area contributed by atoms with Gasteiger partial charge < -0.3 is 5.11 Å². The van der Waals surface area contributed by atoms with Crippen LogP contribution >= 0.6 is 0 Å². The Labute approximate surface area is 90.9 Å². The molecule has 0 aromatic heterocycles. The normalized spacial score (nSPS) is 14.9. The molecule has 1 nitrogen and oxygen atoms in total. The van der Waals surface area contributed by atoms with E-state index in [1.807, 2.05) is 13.0 Å². The zero-order chi connectivity index (χ0) is 11.3. The first-order chi connectivity index (χ1) is 7.11. The van der Waals surface area contributed by atoms with E-state index in [9.17, 15) is 9.50 Å². The summed E-state index contributed by atoms with van der Waals surface area (Å²) in [4.78, 5) is 0. The van der Waals surface area contributed by atoms with E-state index >= 15 is 0 Å². The molecule has 0 bridgehead atoms. The van der Waals surface area contributed by atoms with Gasteiger partial charge in [0, 0.05) is 6.61 Å². The van der Waals surface area contributed by atoms with E-state index < -0.39 is 0 Å². The molecule has 0 aliphatic heterocycles. The van der Waals surface area contributed by atoms with Crippen molar-refractivity contribution in [2.75, 3.05) is 6.61 Å². The second-order valence-electron chi connectivity index (χ2n) is 4.49. The van der Waals surface area contributed by atoms with Crippen molar-refractivity contribution in [2.24, 2.45) is 5.41 Å². The standard InChI is InChI=1S/C13H19FO/c1-3-8-13(2,10-15)9-11-6-4-5-7-12(11)14/h4-7,15H,3,8-10H2,1-2H3. The highest BCUT2D eigenvalue weighted by Crippen LogP contribution is 2.28. The number of aliphatic hydroxyl groups is 1. The molecule has 0 amide bonds. The van der Waals surface area contributed by atoms with Gasteiger partial charge in [0.25, 0.3) is 0 Å². The van der Waals surface area contributed by atoms with Crippen LogP contribution in [0.25, 0.3) is 0 Å². The second kappa shape index (κ2) is 5.26. The van der Waals surface area contributed by atoms with Gasteiger partial charge in [-0.3, -0.25) is 0 Å².